The van der Waals surface area contributed by atoms with Gasteiger partial charge in [-0.15, -0.1) is 0 Å². The van der Waals surface area contributed by atoms with Crippen LogP contribution < -0.4 is 4.90 Å². The van der Waals surface area contributed by atoms with Gasteiger partial charge in [0, 0.05) is 50.3 Å². The van der Waals surface area contributed by atoms with Crippen LogP contribution >= 0.6 is 0 Å². The lowest BCUT2D eigenvalue weighted by molar-refractivity contribution is -0.131. The van der Waals surface area contributed by atoms with Crippen molar-refractivity contribution in [3.63, 3.8) is 0 Å². The Morgan fingerprint density at radius 2 is 1.69 bits per heavy atom. The molecule has 1 saturated heterocycles. The summed E-state index contributed by atoms with van der Waals surface area (Å²) >= 11 is 0. The van der Waals surface area contributed by atoms with Gasteiger partial charge in [0.05, 0.1) is 0 Å². The summed E-state index contributed by atoms with van der Waals surface area (Å²) in [5, 5.41) is 0. The van der Waals surface area contributed by atoms with E-state index in [0.717, 1.165) is 75.1 Å². The zero-order valence-electron chi connectivity index (χ0n) is 20.1. The number of amides is 1. The molecule has 5 nitrogen and oxygen atoms in total. The molecule has 0 bridgehead atoms. The molecule has 172 valence electrons. The zero-order chi connectivity index (χ0) is 22.5. The minimum Gasteiger partial charge on any atom is -0.354 e. The fraction of sp³-hybridized carbons (Fsp3) is 0.593. The van der Waals surface area contributed by atoms with E-state index in [1.807, 2.05) is 6.92 Å². The van der Waals surface area contributed by atoms with E-state index in [4.69, 9.17) is 4.98 Å². The molecule has 1 saturated carbocycles. The zero-order valence-corrected chi connectivity index (χ0v) is 20.1. The Kier molecular flexibility index (Phi) is 7.44. The number of hydrogen-bond donors (Lipinski definition) is 0. The van der Waals surface area contributed by atoms with Gasteiger partial charge in [0.15, 0.2) is 0 Å². The Bertz CT molecular complexity index is 918. The van der Waals surface area contributed by atoms with Crippen molar-refractivity contribution in [1.29, 1.82) is 0 Å². The first kappa shape index (κ1) is 22.8. The molecule has 32 heavy (non-hydrogen) atoms. The third-order valence-corrected chi connectivity index (χ3v) is 7.19. The first-order valence-corrected chi connectivity index (χ1v) is 12.4. The Morgan fingerprint density at radius 3 is 2.44 bits per heavy atom. The average molecular weight is 435 g/mol. The van der Waals surface area contributed by atoms with Crippen molar-refractivity contribution in [1.82, 2.24) is 14.9 Å². The van der Waals surface area contributed by atoms with Crippen LogP contribution in [0.1, 0.15) is 73.2 Å². The van der Waals surface area contributed by atoms with Crippen molar-refractivity contribution in [2.24, 2.45) is 5.92 Å². The van der Waals surface area contributed by atoms with Crippen LogP contribution in [0.2, 0.25) is 0 Å². The molecule has 1 aromatic heterocycles. The molecule has 2 heterocycles. The number of aromatic nitrogens is 2. The van der Waals surface area contributed by atoms with Gasteiger partial charge >= 0.3 is 0 Å². The van der Waals surface area contributed by atoms with Crippen molar-refractivity contribution >= 4 is 11.7 Å². The third-order valence-electron chi connectivity index (χ3n) is 7.19. The maximum atomic E-state index is 12.9. The van der Waals surface area contributed by atoms with Gasteiger partial charge in [-0.3, -0.25) is 4.79 Å². The molecule has 2 fully saturated rings. The number of carbonyl (C=O) groups excluding carboxylic acids is 1. The van der Waals surface area contributed by atoms with Gasteiger partial charge in [-0.2, -0.15) is 0 Å². The van der Waals surface area contributed by atoms with Crippen LogP contribution in [0, 0.1) is 26.7 Å². The predicted octanol–water partition coefficient (Wildman–Crippen LogP) is 5.00. The number of nitrogens with zero attached hydrogens (tertiary/aromatic N) is 4. The Morgan fingerprint density at radius 1 is 0.938 bits per heavy atom. The molecule has 2 aromatic rings. The highest BCUT2D eigenvalue weighted by atomic mass is 16.2. The summed E-state index contributed by atoms with van der Waals surface area (Å²) in [6, 6.07) is 8.73. The monoisotopic (exact) mass is 434 g/mol. The summed E-state index contributed by atoms with van der Waals surface area (Å²) in [5.74, 6) is 2.99. The molecule has 4 rings (SSSR count). The summed E-state index contributed by atoms with van der Waals surface area (Å²) in [6.07, 6.45) is 8.94. The van der Waals surface area contributed by atoms with Crippen LogP contribution in [0.15, 0.2) is 24.3 Å². The van der Waals surface area contributed by atoms with E-state index in [1.54, 1.807) is 0 Å². The van der Waals surface area contributed by atoms with E-state index in [-0.39, 0.29) is 0 Å². The highest BCUT2D eigenvalue weighted by Crippen LogP contribution is 2.29. The quantitative estimate of drug-likeness (QED) is 0.642. The lowest BCUT2D eigenvalue weighted by Gasteiger charge is -2.26. The summed E-state index contributed by atoms with van der Waals surface area (Å²) in [4.78, 5) is 26.9. The van der Waals surface area contributed by atoms with E-state index >= 15 is 0 Å². The van der Waals surface area contributed by atoms with Crippen molar-refractivity contribution in [2.45, 2.75) is 72.1 Å². The smallest absolute Gasteiger partial charge is 0.222 e. The van der Waals surface area contributed by atoms with Crippen LogP contribution in [-0.4, -0.2) is 47.0 Å². The van der Waals surface area contributed by atoms with Gasteiger partial charge in [-0.1, -0.05) is 55.5 Å². The average Bonchev–Trinajstić information content (AvgIpc) is 3.18. The molecule has 1 aliphatic carbocycles. The van der Waals surface area contributed by atoms with Crippen molar-refractivity contribution in [2.75, 3.05) is 31.1 Å². The third kappa shape index (κ3) is 5.67. The van der Waals surface area contributed by atoms with Gasteiger partial charge in [0.25, 0.3) is 0 Å². The minimum atomic E-state index is 0.341. The summed E-state index contributed by atoms with van der Waals surface area (Å²) in [6.45, 7) is 9.61. The maximum Gasteiger partial charge on any atom is 0.222 e. The van der Waals surface area contributed by atoms with E-state index < -0.39 is 0 Å². The molecule has 0 spiro atoms. The topological polar surface area (TPSA) is 49.3 Å². The molecule has 1 amide bonds. The summed E-state index contributed by atoms with van der Waals surface area (Å²) < 4.78 is 0. The van der Waals surface area contributed by atoms with Crippen LogP contribution in [0.5, 0.6) is 0 Å². The van der Waals surface area contributed by atoms with Crippen LogP contribution in [0.25, 0.3) is 0 Å². The van der Waals surface area contributed by atoms with Crippen molar-refractivity contribution < 1.29 is 4.79 Å². The number of rotatable bonds is 6. The highest BCUT2D eigenvalue weighted by Gasteiger charge is 2.24. The molecular weight excluding hydrogens is 396 g/mol. The van der Waals surface area contributed by atoms with Gasteiger partial charge in [-0.25, -0.2) is 9.97 Å². The highest BCUT2D eigenvalue weighted by molar-refractivity contribution is 5.76. The van der Waals surface area contributed by atoms with Gasteiger partial charge in [-0.05, 0) is 45.1 Å². The van der Waals surface area contributed by atoms with Gasteiger partial charge in [0.1, 0.15) is 11.6 Å². The molecule has 0 unspecified atom stereocenters. The van der Waals surface area contributed by atoms with E-state index in [2.05, 4.69) is 52.9 Å². The van der Waals surface area contributed by atoms with Crippen LogP contribution in [0.3, 0.4) is 0 Å². The van der Waals surface area contributed by atoms with E-state index in [1.165, 1.54) is 42.4 Å². The van der Waals surface area contributed by atoms with Crippen molar-refractivity contribution in [3.05, 3.63) is 52.5 Å². The Hall–Kier alpha value is -2.43. The number of benzene rings is 1. The second-order valence-electron chi connectivity index (χ2n) is 9.73. The van der Waals surface area contributed by atoms with Crippen LogP contribution in [0.4, 0.5) is 5.82 Å². The molecule has 0 radical (unpaired) electrons. The normalized spacial score (nSPS) is 17.6. The standard InChI is InChI=1S/C27H38N4O/c1-20-9-11-24(12-10-20)19-25-21(2)28-22(3)29-27(25)31-16-6-15-30(17-18-31)26(32)14-13-23-7-4-5-8-23/h9-12,23H,4-8,13-19H2,1-3H3. The minimum absolute atomic E-state index is 0.341. The number of carbonyl (C=O) groups is 1. The Labute approximate surface area is 193 Å². The maximum absolute atomic E-state index is 12.9. The molecule has 1 aliphatic heterocycles. The first-order chi connectivity index (χ1) is 15.5. The summed E-state index contributed by atoms with van der Waals surface area (Å²) in [7, 11) is 0. The molecule has 0 N–H and O–H groups in total. The number of hydrogen-bond acceptors (Lipinski definition) is 4. The van der Waals surface area contributed by atoms with Crippen LogP contribution in [-0.2, 0) is 11.2 Å². The fourth-order valence-corrected chi connectivity index (χ4v) is 5.26. The SMILES string of the molecule is Cc1ccc(Cc2c(C)nc(C)nc2N2CCCN(C(=O)CCC3CCCC3)CC2)cc1. The fourth-order valence-electron chi connectivity index (χ4n) is 5.26. The van der Waals surface area contributed by atoms with Gasteiger partial charge < -0.3 is 9.80 Å². The number of anilines is 1. The van der Waals surface area contributed by atoms with Crippen molar-refractivity contribution in [3.8, 4) is 0 Å². The predicted molar refractivity (Wildman–Crippen MR) is 130 cm³/mol. The molecular formula is C27H38N4O. The summed E-state index contributed by atoms with van der Waals surface area (Å²) in [5.41, 5.74) is 4.82. The Balaban J connectivity index is 1.44. The molecule has 1 aromatic carbocycles. The van der Waals surface area contributed by atoms with E-state index in [9.17, 15) is 4.79 Å². The second kappa shape index (κ2) is 10.5. The lowest BCUT2D eigenvalue weighted by atomic mass is 10.0. The van der Waals surface area contributed by atoms with Gasteiger partial charge in [0.2, 0.25) is 5.91 Å². The second-order valence-corrected chi connectivity index (χ2v) is 9.73. The first-order valence-electron chi connectivity index (χ1n) is 12.4. The molecule has 5 heteroatoms. The lowest BCUT2D eigenvalue weighted by Crippen LogP contribution is -2.35. The largest absolute Gasteiger partial charge is 0.354 e. The molecule has 2 aliphatic rings. The van der Waals surface area contributed by atoms with E-state index in [0.29, 0.717) is 5.91 Å². The number of aryl methyl sites for hydroxylation is 3. The molecule has 0 atom stereocenters.